The minimum Gasteiger partial charge on any atom is -0.462 e. The highest BCUT2D eigenvalue weighted by atomic mass is 79.9. The number of nitrogens with one attached hydrogen (secondary N) is 4. The molecule has 2 aliphatic rings. The molecule has 0 radical (unpaired) electrons. The van der Waals surface area contributed by atoms with Crippen LogP contribution in [0.2, 0.25) is 0 Å². The molecule has 35 heavy (non-hydrogen) atoms. The van der Waals surface area contributed by atoms with Crippen molar-refractivity contribution < 1.29 is 17.9 Å². The maximum Gasteiger partial charge on any atom is 0.419 e. The van der Waals surface area contributed by atoms with Crippen molar-refractivity contribution in [1.82, 2.24) is 20.3 Å². The van der Waals surface area contributed by atoms with Crippen molar-refractivity contribution in [2.75, 3.05) is 30.3 Å². The van der Waals surface area contributed by atoms with Crippen LogP contribution >= 0.6 is 15.9 Å². The predicted molar refractivity (Wildman–Crippen MR) is 133 cm³/mol. The third kappa shape index (κ3) is 4.94. The number of rotatable bonds is 4. The van der Waals surface area contributed by atoms with Gasteiger partial charge in [-0.25, -0.2) is 15.0 Å². The number of piperidine rings is 1. The average Bonchev–Trinajstić information content (AvgIpc) is 3.38. The smallest absolute Gasteiger partial charge is 0.419 e. The number of ether oxygens (including phenoxy) is 1. The molecule has 3 aromatic rings. The van der Waals surface area contributed by atoms with E-state index < -0.39 is 11.7 Å². The molecule has 12 heteroatoms. The number of anilines is 2. The Kier molecular flexibility index (Phi) is 6.12. The Morgan fingerprint density at radius 1 is 1.26 bits per heavy atom. The van der Waals surface area contributed by atoms with E-state index in [0.717, 1.165) is 25.6 Å². The van der Waals surface area contributed by atoms with Crippen molar-refractivity contribution in [3.8, 4) is 11.3 Å². The van der Waals surface area contributed by atoms with E-state index in [9.17, 15) is 13.2 Å². The molecule has 1 saturated heterocycles. The van der Waals surface area contributed by atoms with E-state index in [4.69, 9.17) is 4.74 Å². The molecule has 2 aromatic heterocycles. The molecule has 4 N–H and O–H groups in total. The van der Waals surface area contributed by atoms with Crippen molar-refractivity contribution in [2.45, 2.75) is 44.4 Å². The Hall–Kier alpha value is -2.86. The van der Waals surface area contributed by atoms with Crippen LogP contribution in [-0.4, -0.2) is 52.3 Å². The molecule has 0 bridgehead atoms. The van der Waals surface area contributed by atoms with Crippen LogP contribution in [-0.2, 0) is 10.9 Å². The summed E-state index contributed by atoms with van der Waals surface area (Å²) < 4.78 is 47.9. The number of aliphatic imine (C=N–C) groups is 1. The lowest BCUT2D eigenvalue weighted by molar-refractivity contribution is -0.137. The Morgan fingerprint density at radius 3 is 2.77 bits per heavy atom. The van der Waals surface area contributed by atoms with Crippen LogP contribution in [0.25, 0.3) is 22.2 Å². The SMILES string of the molecule is CC1(C)COC(Nc2ccc3c(-c4nc(NC5CCCNC5)ncc4C(F)(F)F)c[nH]c3c2Br)=N1. The van der Waals surface area contributed by atoms with E-state index in [0.29, 0.717) is 45.8 Å². The minimum absolute atomic E-state index is 0.0600. The maximum absolute atomic E-state index is 13.9. The Bertz CT molecular complexity index is 1280. The zero-order chi connectivity index (χ0) is 24.8. The normalized spacial score (nSPS) is 19.9. The van der Waals surface area contributed by atoms with Gasteiger partial charge in [0.05, 0.1) is 26.9 Å². The quantitative estimate of drug-likeness (QED) is 0.358. The molecule has 8 nitrogen and oxygen atoms in total. The molecule has 0 spiro atoms. The van der Waals surface area contributed by atoms with Gasteiger partial charge in [0, 0.05) is 35.9 Å². The first-order chi connectivity index (χ1) is 16.6. The number of hydrogen-bond donors (Lipinski definition) is 4. The number of H-pyrrole nitrogens is 1. The van der Waals surface area contributed by atoms with Crippen LogP contribution in [0.15, 0.2) is 34.0 Å². The van der Waals surface area contributed by atoms with Crippen molar-refractivity contribution >= 4 is 44.5 Å². The van der Waals surface area contributed by atoms with Gasteiger partial charge in [0.2, 0.25) is 5.95 Å². The number of nitrogens with zero attached hydrogens (tertiary/aromatic N) is 3. The van der Waals surface area contributed by atoms with Crippen LogP contribution < -0.4 is 16.0 Å². The highest BCUT2D eigenvalue weighted by Crippen LogP contribution is 2.41. The van der Waals surface area contributed by atoms with E-state index in [1.54, 1.807) is 12.1 Å². The second-order valence-corrected chi connectivity index (χ2v) is 10.1. The first-order valence-electron chi connectivity index (χ1n) is 11.3. The number of hydrogen-bond acceptors (Lipinski definition) is 7. The lowest BCUT2D eigenvalue weighted by Crippen LogP contribution is -2.38. The number of aromatic nitrogens is 3. The Morgan fingerprint density at radius 2 is 2.09 bits per heavy atom. The maximum atomic E-state index is 13.9. The molecular formula is C23H25BrF3N7O. The number of amidine groups is 1. The highest BCUT2D eigenvalue weighted by molar-refractivity contribution is 9.10. The first-order valence-corrected chi connectivity index (χ1v) is 12.1. The molecule has 5 rings (SSSR count). The topological polar surface area (TPSA) is 99.2 Å². The fourth-order valence-electron chi connectivity index (χ4n) is 4.24. The van der Waals surface area contributed by atoms with Gasteiger partial charge >= 0.3 is 6.18 Å². The number of benzene rings is 1. The van der Waals surface area contributed by atoms with Gasteiger partial charge < -0.3 is 25.7 Å². The molecule has 1 fully saturated rings. The zero-order valence-corrected chi connectivity index (χ0v) is 20.8. The minimum atomic E-state index is -4.60. The summed E-state index contributed by atoms with van der Waals surface area (Å²) in [5.74, 6) is 0.174. The molecule has 0 amide bonds. The van der Waals surface area contributed by atoms with Crippen LogP contribution in [0.3, 0.4) is 0 Å². The van der Waals surface area contributed by atoms with E-state index in [1.165, 1.54) is 6.20 Å². The Labute approximate surface area is 208 Å². The van der Waals surface area contributed by atoms with Gasteiger partial charge in [-0.05, 0) is 55.2 Å². The highest BCUT2D eigenvalue weighted by Gasteiger charge is 2.36. The summed E-state index contributed by atoms with van der Waals surface area (Å²) in [5.41, 5.74) is 0.248. The summed E-state index contributed by atoms with van der Waals surface area (Å²) in [5, 5.41) is 10.2. The third-order valence-corrected chi connectivity index (χ3v) is 6.80. The Balaban J connectivity index is 1.52. The van der Waals surface area contributed by atoms with Crippen LogP contribution in [0.5, 0.6) is 0 Å². The fraction of sp³-hybridized carbons (Fsp3) is 0.435. The van der Waals surface area contributed by atoms with E-state index in [-0.39, 0.29) is 23.2 Å². The molecule has 0 saturated carbocycles. The number of aromatic amines is 1. The van der Waals surface area contributed by atoms with Crippen molar-refractivity contribution in [3.63, 3.8) is 0 Å². The first kappa shape index (κ1) is 23.9. The van der Waals surface area contributed by atoms with Crippen molar-refractivity contribution in [2.24, 2.45) is 4.99 Å². The van der Waals surface area contributed by atoms with Gasteiger partial charge in [-0.15, -0.1) is 0 Å². The van der Waals surface area contributed by atoms with Gasteiger partial charge in [-0.1, -0.05) is 6.07 Å². The lowest BCUT2D eigenvalue weighted by atomic mass is 10.1. The summed E-state index contributed by atoms with van der Waals surface area (Å²) in [6.07, 6.45) is -0.341. The molecule has 186 valence electrons. The van der Waals surface area contributed by atoms with E-state index in [2.05, 4.69) is 51.8 Å². The monoisotopic (exact) mass is 551 g/mol. The average molecular weight is 552 g/mol. The molecule has 1 unspecified atom stereocenters. The summed E-state index contributed by atoms with van der Waals surface area (Å²) >= 11 is 3.56. The van der Waals surface area contributed by atoms with Gasteiger partial charge in [-0.3, -0.25) is 0 Å². The van der Waals surface area contributed by atoms with E-state index in [1.807, 2.05) is 13.8 Å². The largest absolute Gasteiger partial charge is 0.462 e. The van der Waals surface area contributed by atoms with Crippen molar-refractivity contribution in [3.05, 3.63) is 34.6 Å². The molecule has 0 aliphatic carbocycles. The molecular weight excluding hydrogens is 527 g/mol. The summed E-state index contributed by atoms with van der Waals surface area (Å²) in [7, 11) is 0. The van der Waals surface area contributed by atoms with Gasteiger partial charge in [0.25, 0.3) is 6.02 Å². The molecule has 4 heterocycles. The summed E-state index contributed by atoms with van der Waals surface area (Å²) in [6, 6.07) is 3.96. The summed E-state index contributed by atoms with van der Waals surface area (Å²) in [4.78, 5) is 15.9. The van der Waals surface area contributed by atoms with Crippen LogP contribution in [0, 0.1) is 0 Å². The predicted octanol–water partition coefficient (Wildman–Crippen LogP) is 5.15. The van der Waals surface area contributed by atoms with Gasteiger partial charge in [0.1, 0.15) is 12.2 Å². The van der Waals surface area contributed by atoms with Gasteiger partial charge in [0.15, 0.2) is 0 Å². The zero-order valence-electron chi connectivity index (χ0n) is 19.2. The number of fused-ring (bicyclic) bond motifs is 1. The number of halogens is 4. The van der Waals surface area contributed by atoms with Crippen molar-refractivity contribution in [1.29, 1.82) is 0 Å². The number of alkyl halides is 3. The summed E-state index contributed by atoms with van der Waals surface area (Å²) in [6.45, 7) is 6.02. The van der Waals surface area contributed by atoms with Crippen LogP contribution in [0.1, 0.15) is 32.3 Å². The van der Waals surface area contributed by atoms with E-state index >= 15 is 0 Å². The molecule has 1 atom stereocenters. The lowest BCUT2D eigenvalue weighted by Gasteiger charge is -2.24. The van der Waals surface area contributed by atoms with Gasteiger partial charge in [-0.2, -0.15) is 13.2 Å². The third-order valence-electron chi connectivity index (χ3n) is 5.98. The fourth-order valence-corrected chi connectivity index (χ4v) is 4.80. The van der Waals surface area contributed by atoms with Crippen LogP contribution in [0.4, 0.5) is 24.8 Å². The molecule has 1 aromatic carbocycles. The second-order valence-electron chi connectivity index (χ2n) is 9.34. The standard InChI is InChI=1S/C23H25BrF3N7O/c1-22(2)11-35-21(34-22)32-16-6-5-13-14(9-29-19(13)17(16)24)18-15(23(25,26)27)10-30-20(33-18)31-12-4-3-7-28-8-12/h5-6,9-10,12,28-29H,3-4,7-8,11H2,1-2H3,(H,32,34)(H,30,31,33). The second kappa shape index (κ2) is 8.98. The molecule has 2 aliphatic heterocycles.